The number of aliphatic hydroxyl groups is 1. The first-order valence-electron chi connectivity index (χ1n) is 6.08. The molecule has 0 spiro atoms. The van der Waals surface area contributed by atoms with Crippen LogP contribution in [0.15, 0.2) is 24.3 Å². The summed E-state index contributed by atoms with van der Waals surface area (Å²) in [4.78, 5) is 4.56. The highest BCUT2D eigenvalue weighted by Gasteiger charge is 2.16. The van der Waals surface area contributed by atoms with E-state index in [0.717, 1.165) is 16.9 Å². The predicted molar refractivity (Wildman–Crippen MR) is 70.2 cm³/mol. The number of imidazole rings is 1. The summed E-state index contributed by atoms with van der Waals surface area (Å²) < 4.78 is 7.19. The summed E-state index contributed by atoms with van der Waals surface area (Å²) in [5, 5.41) is 9.00. The van der Waals surface area contributed by atoms with Gasteiger partial charge in [-0.25, -0.2) is 4.98 Å². The Hall–Kier alpha value is -1.43. The van der Waals surface area contributed by atoms with Crippen molar-refractivity contribution in [3.05, 3.63) is 30.1 Å². The lowest BCUT2D eigenvalue weighted by molar-refractivity contribution is 0.186. The number of nitrogens with two attached hydrogens (primary N) is 1. The van der Waals surface area contributed by atoms with Crippen molar-refractivity contribution >= 4 is 11.0 Å². The van der Waals surface area contributed by atoms with Crippen LogP contribution in [0.2, 0.25) is 0 Å². The Morgan fingerprint density at radius 3 is 2.94 bits per heavy atom. The zero-order valence-corrected chi connectivity index (χ0v) is 10.5. The summed E-state index contributed by atoms with van der Waals surface area (Å²) in [5.74, 6) is 0.808. The Balaban J connectivity index is 2.42. The van der Waals surface area contributed by atoms with Crippen LogP contribution in [-0.2, 0) is 11.3 Å². The van der Waals surface area contributed by atoms with Crippen LogP contribution in [0.25, 0.3) is 11.0 Å². The second-order valence-corrected chi connectivity index (χ2v) is 4.22. The van der Waals surface area contributed by atoms with Gasteiger partial charge in [0.15, 0.2) is 0 Å². The molecule has 2 aromatic rings. The van der Waals surface area contributed by atoms with Crippen molar-refractivity contribution < 1.29 is 9.84 Å². The largest absolute Gasteiger partial charge is 0.396 e. The molecule has 3 N–H and O–H groups in total. The molecule has 1 aromatic carbocycles. The summed E-state index contributed by atoms with van der Waals surface area (Å²) in [7, 11) is 1.67. The monoisotopic (exact) mass is 249 g/mol. The summed E-state index contributed by atoms with van der Waals surface area (Å²) in [6.45, 7) is 1.39. The molecule has 0 radical (unpaired) electrons. The van der Waals surface area contributed by atoms with Gasteiger partial charge in [-0.15, -0.1) is 0 Å². The quantitative estimate of drug-likeness (QED) is 0.803. The lowest BCUT2D eigenvalue weighted by Gasteiger charge is -2.13. The van der Waals surface area contributed by atoms with Crippen LogP contribution in [0, 0.1) is 0 Å². The van der Waals surface area contributed by atoms with E-state index in [9.17, 15) is 0 Å². The molecule has 18 heavy (non-hydrogen) atoms. The Bertz CT molecular complexity index is 510. The molecule has 1 unspecified atom stereocenters. The standard InChI is InChI=1S/C13H19N3O2/c1-18-9-7-16-12-5-3-2-4-11(12)15-13(16)10(14)6-8-17/h2-5,10,17H,6-9,14H2,1H3. The number of nitrogens with zero attached hydrogens (tertiary/aromatic N) is 2. The fourth-order valence-electron chi connectivity index (χ4n) is 2.06. The highest BCUT2D eigenvalue weighted by atomic mass is 16.5. The van der Waals surface area contributed by atoms with E-state index in [2.05, 4.69) is 9.55 Å². The molecule has 1 atom stereocenters. The highest BCUT2D eigenvalue weighted by molar-refractivity contribution is 5.76. The molecular weight excluding hydrogens is 230 g/mol. The second-order valence-electron chi connectivity index (χ2n) is 4.22. The van der Waals surface area contributed by atoms with E-state index >= 15 is 0 Å². The molecule has 0 saturated carbocycles. The van der Waals surface area contributed by atoms with Crippen LogP contribution in [0.1, 0.15) is 18.3 Å². The summed E-state index contributed by atoms with van der Waals surface area (Å²) in [5.41, 5.74) is 8.04. The molecule has 0 fully saturated rings. The first-order valence-corrected chi connectivity index (χ1v) is 6.08. The van der Waals surface area contributed by atoms with Crippen molar-refractivity contribution in [3.8, 4) is 0 Å². The van der Waals surface area contributed by atoms with Crippen molar-refractivity contribution in [2.24, 2.45) is 5.73 Å². The number of aromatic nitrogens is 2. The average Bonchev–Trinajstić information content (AvgIpc) is 2.75. The van der Waals surface area contributed by atoms with E-state index < -0.39 is 0 Å². The number of ether oxygens (including phenoxy) is 1. The van der Waals surface area contributed by atoms with Gasteiger partial charge >= 0.3 is 0 Å². The van der Waals surface area contributed by atoms with Gasteiger partial charge in [-0.2, -0.15) is 0 Å². The topological polar surface area (TPSA) is 73.3 Å². The van der Waals surface area contributed by atoms with E-state index in [1.54, 1.807) is 7.11 Å². The summed E-state index contributed by atoms with van der Waals surface area (Å²) in [6, 6.07) is 7.67. The fraction of sp³-hybridized carbons (Fsp3) is 0.462. The Kier molecular flexibility index (Phi) is 4.30. The molecule has 0 aliphatic carbocycles. The maximum absolute atomic E-state index is 9.00. The third-order valence-corrected chi connectivity index (χ3v) is 2.97. The molecule has 0 aliphatic rings. The first kappa shape index (κ1) is 13.0. The second kappa shape index (κ2) is 5.95. The van der Waals surface area contributed by atoms with Crippen LogP contribution in [0.5, 0.6) is 0 Å². The van der Waals surface area contributed by atoms with Gasteiger partial charge in [-0.3, -0.25) is 0 Å². The van der Waals surface area contributed by atoms with Gasteiger partial charge in [0.25, 0.3) is 0 Å². The van der Waals surface area contributed by atoms with Crippen molar-refractivity contribution in [2.75, 3.05) is 20.3 Å². The number of aliphatic hydroxyl groups excluding tert-OH is 1. The molecule has 0 amide bonds. The molecule has 2 rings (SSSR count). The molecule has 0 aliphatic heterocycles. The van der Waals surface area contributed by atoms with Crippen molar-refractivity contribution in [3.63, 3.8) is 0 Å². The van der Waals surface area contributed by atoms with Gasteiger partial charge in [0.05, 0.1) is 23.7 Å². The van der Waals surface area contributed by atoms with Crippen LogP contribution in [0.4, 0.5) is 0 Å². The number of hydrogen-bond acceptors (Lipinski definition) is 4. The average molecular weight is 249 g/mol. The number of rotatable bonds is 6. The summed E-state index contributed by atoms with van der Waals surface area (Å²) in [6.07, 6.45) is 0.510. The van der Waals surface area contributed by atoms with Gasteiger partial charge in [-0.05, 0) is 18.6 Å². The minimum Gasteiger partial charge on any atom is -0.396 e. The lowest BCUT2D eigenvalue weighted by atomic mass is 10.2. The van der Waals surface area contributed by atoms with Crippen LogP contribution < -0.4 is 5.73 Å². The number of hydrogen-bond donors (Lipinski definition) is 2. The molecule has 0 saturated heterocycles. The maximum Gasteiger partial charge on any atom is 0.127 e. The van der Waals surface area contributed by atoms with Crippen molar-refractivity contribution in [2.45, 2.75) is 19.0 Å². The molecule has 1 heterocycles. The van der Waals surface area contributed by atoms with Crippen LogP contribution in [-0.4, -0.2) is 35.0 Å². The SMILES string of the molecule is COCCn1c(C(N)CCO)nc2ccccc21. The van der Waals surface area contributed by atoms with Crippen LogP contribution in [0.3, 0.4) is 0 Å². The number of para-hydroxylation sites is 2. The van der Waals surface area contributed by atoms with Crippen molar-refractivity contribution in [1.82, 2.24) is 9.55 Å². The maximum atomic E-state index is 9.00. The smallest absolute Gasteiger partial charge is 0.127 e. The number of methoxy groups -OCH3 is 1. The first-order chi connectivity index (χ1) is 8.77. The van der Waals surface area contributed by atoms with E-state index in [1.165, 1.54) is 0 Å². The van der Waals surface area contributed by atoms with Gasteiger partial charge in [0.1, 0.15) is 5.82 Å². The van der Waals surface area contributed by atoms with Crippen molar-refractivity contribution in [1.29, 1.82) is 0 Å². The molecular formula is C13H19N3O2. The van der Waals surface area contributed by atoms with Gasteiger partial charge in [-0.1, -0.05) is 12.1 Å². The third-order valence-electron chi connectivity index (χ3n) is 2.97. The zero-order valence-electron chi connectivity index (χ0n) is 10.5. The van der Waals surface area contributed by atoms with Crippen LogP contribution >= 0.6 is 0 Å². The van der Waals surface area contributed by atoms with Gasteiger partial charge in [0.2, 0.25) is 0 Å². The summed E-state index contributed by atoms with van der Waals surface area (Å²) >= 11 is 0. The lowest BCUT2D eigenvalue weighted by Crippen LogP contribution is -2.19. The minimum absolute atomic E-state index is 0.0641. The molecule has 5 nitrogen and oxygen atoms in total. The van der Waals surface area contributed by atoms with Gasteiger partial charge in [0, 0.05) is 20.3 Å². The Labute approximate surface area is 106 Å². The fourth-order valence-corrected chi connectivity index (χ4v) is 2.06. The van der Waals surface area contributed by atoms with E-state index in [-0.39, 0.29) is 12.6 Å². The Morgan fingerprint density at radius 1 is 1.44 bits per heavy atom. The van der Waals surface area contributed by atoms with Gasteiger partial charge < -0.3 is 20.1 Å². The number of fused-ring (bicyclic) bond motifs is 1. The van der Waals surface area contributed by atoms with E-state index in [0.29, 0.717) is 19.6 Å². The van der Waals surface area contributed by atoms with E-state index in [1.807, 2.05) is 24.3 Å². The third kappa shape index (κ3) is 2.53. The zero-order chi connectivity index (χ0) is 13.0. The minimum atomic E-state index is -0.251. The van der Waals surface area contributed by atoms with E-state index in [4.69, 9.17) is 15.6 Å². The normalized spacial score (nSPS) is 13.1. The number of benzene rings is 1. The molecule has 0 bridgehead atoms. The molecule has 1 aromatic heterocycles. The molecule has 98 valence electrons. The predicted octanol–water partition coefficient (Wildman–Crippen LogP) is 1.06. The Morgan fingerprint density at radius 2 is 2.22 bits per heavy atom. The molecule has 5 heteroatoms. The highest BCUT2D eigenvalue weighted by Crippen LogP contribution is 2.21.